The first kappa shape index (κ1) is 19.3. The molecule has 1 heterocycles. The van der Waals surface area contributed by atoms with Gasteiger partial charge >= 0.3 is 0 Å². The van der Waals surface area contributed by atoms with E-state index in [1.807, 2.05) is 0 Å². The Labute approximate surface area is 158 Å². The van der Waals surface area contributed by atoms with Gasteiger partial charge < -0.3 is 14.2 Å². The number of unbranched alkanes of at least 4 members (excludes halogenated alkanes) is 2. The lowest BCUT2D eigenvalue weighted by atomic mass is 9.69. The van der Waals surface area contributed by atoms with Crippen LogP contribution < -0.4 is 9.47 Å². The summed E-state index contributed by atoms with van der Waals surface area (Å²) in [6, 6.07) is 4.41. The van der Waals surface area contributed by atoms with Gasteiger partial charge in [0.15, 0.2) is 0 Å². The van der Waals surface area contributed by atoms with Gasteiger partial charge in [0.1, 0.15) is 11.5 Å². The lowest BCUT2D eigenvalue weighted by Gasteiger charge is -2.34. The van der Waals surface area contributed by atoms with Crippen molar-refractivity contribution in [1.29, 1.82) is 0 Å². The van der Waals surface area contributed by atoms with E-state index >= 15 is 0 Å². The minimum absolute atomic E-state index is 0.00639. The SMILES string of the molecule is C=C(C)[C@H]1CC[C@@]2(C)O[C@H]2[C@@H]1c1c(OC)cc(CCCCC)cc1OC. The highest BCUT2D eigenvalue weighted by molar-refractivity contribution is 5.53. The first-order valence-electron chi connectivity index (χ1n) is 10.0. The molecule has 0 bridgehead atoms. The van der Waals surface area contributed by atoms with Crippen molar-refractivity contribution in [2.45, 2.75) is 76.9 Å². The quantitative estimate of drug-likeness (QED) is 0.341. The van der Waals surface area contributed by atoms with Crippen molar-refractivity contribution in [1.82, 2.24) is 0 Å². The summed E-state index contributed by atoms with van der Waals surface area (Å²) >= 11 is 0. The van der Waals surface area contributed by atoms with E-state index in [0.717, 1.165) is 36.3 Å². The number of rotatable bonds is 8. The second kappa shape index (κ2) is 7.64. The minimum Gasteiger partial charge on any atom is -0.496 e. The van der Waals surface area contributed by atoms with Crippen LogP contribution in [0.2, 0.25) is 0 Å². The third kappa shape index (κ3) is 3.51. The van der Waals surface area contributed by atoms with Gasteiger partial charge in [-0.05, 0) is 63.1 Å². The minimum atomic E-state index is 0.00639. The molecule has 1 aromatic carbocycles. The van der Waals surface area contributed by atoms with Gasteiger partial charge in [0, 0.05) is 11.5 Å². The smallest absolute Gasteiger partial charge is 0.126 e. The standard InChI is InChI=1S/C23H34O3/c1-7-8-9-10-16-13-18(24-5)21(19(14-16)25-6)20-17(15(2)3)11-12-23(4)22(20)26-23/h13-14,17,20,22H,2,7-12H2,1,3-6H3/t17-,20+,22+,23-/m1/s1. The number of aryl methyl sites for hydroxylation is 1. The Kier molecular flexibility index (Phi) is 5.67. The van der Waals surface area contributed by atoms with Gasteiger partial charge in [-0.15, -0.1) is 0 Å². The molecule has 1 aliphatic heterocycles. The van der Waals surface area contributed by atoms with E-state index in [4.69, 9.17) is 14.2 Å². The monoisotopic (exact) mass is 358 g/mol. The first-order chi connectivity index (χ1) is 12.4. The van der Waals surface area contributed by atoms with Crippen molar-refractivity contribution >= 4 is 0 Å². The molecule has 26 heavy (non-hydrogen) atoms. The van der Waals surface area contributed by atoms with Crippen molar-refractivity contribution in [3.8, 4) is 11.5 Å². The summed E-state index contributed by atoms with van der Waals surface area (Å²) in [7, 11) is 3.53. The highest BCUT2D eigenvalue weighted by Crippen LogP contribution is 2.60. The van der Waals surface area contributed by atoms with E-state index in [1.54, 1.807) is 14.2 Å². The lowest BCUT2D eigenvalue weighted by Crippen LogP contribution is -2.31. The largest absolute Gasteiger partial charge is 0.496 e. The maximum atomic E-state index is 6.17. The van der Waals surface area contributed by atoms with E-state index in [1.165, 1.54) is 30.4 Å². The molecule has 1 saturated heterocycles. The summed E-state index contributed by atoms with van der Waals surface area (Å²) in [5.41, 5.74) is 3.68. The zero-order valence-electron chi connectivity index (χ0n) is 17.1. The number of hydrogen-bond donors (Lipinski definition) is 0. The fourth-order valence-corrected chi connectivity index (χ4v) is 4.69. The van der Waals surface area contributed by atoms with Crippen molar-refractivity contribution < 1.29 is 14.2 Å². The third-order valence-electron chi connectivity index (χ3n) is 6.29. The topological polar surface area (TPSA) is 31.0 Å². The number of hydrogen-bond acceptors (Lipinski definition) is 3. The van der Waals surface area contributed by atoms with Crippen LogP contribution in [-0.4, -0.2) is 25.9 Å². The van der Waals surface area contributed by atoms with Gasteiger partial charge in [0.25, 0.3) is 0 Å². The Hall–Kier alpha value is -1.48. The van der Waals surface area contributed by atoms with Gasteiger partial charge in [-0.2, -0.15) is 0 Å². The lowest BCUT2D eigenvalue weighted by molar-refractivity contribution is 0.302. The zero-order valence-corrected chi connectivity index (χ0v) is 17.1. The van der Waals surface area contributed by atoms with Crippen LogP contribution in [0.15, 0.2) is 24.3 Å². The molecular weight excluding hydrogens is 324 g/mol. The Morgan fingerprint density at radius 3 is 2.42 bits per heavy atom. The van der Waals surface area contributed by atoms with Crippen molar-refractivity contribution in [3.05, 3.63) is 35.4 Å². The maximum Gasteiger partial charge on any atom is 0.126 e. The summed E-state index contributed by atoms with van der Waals surface area (Å²) in [5.74, 6) is 2.53. The number of epoxide rings is 1. The molecule has 2 fully saturated rings. The maximum absolute atomic E-state index is 6.17. The average molecular weight is 359 g/mol. The van der Waals surface area contributed by atoms with Crippen LogP contribution >= 0.6 is 0 Å². The molecule has 1 aliphatic carbocycles. The van der Waals surface area contributed by atoms with E-state index in [9.17, 15) is 0 Å². The Bertz CT molecular complexity index is 640. The van der Waals surface area contributed by atoms with Crippen LogP contribution in [0.25, 0.3) is 0 Å². The molecule has 0 radical (unpaired) electrons. The Balaban J connectivity index is 2.00. The second-order valence-electron chi connectivity index (χ2n) is 8.24. The summed E-state index contributed by atoms with van der Waals surface area (Å²) in [6.45, 7) is 10.9. The van der Waals surface area contributed by atoms with Crippen LogP contribution in [0.5, 0.6) is 11.5 Å². The van der Waals surface area contributed by atoms with Crippen molar-refractivity contribution in [2.24, 2.45) is 5.92 Å². The molecule has 3 rings (SSSR count). The van der Waals surface area contributed by atoms with Gasteiger partial charge in [-0.25, -0.2) is 0 Å². The molecule has 2 aliphatic rings. The second-order valence-corrected chi connectivity index (χ2v) is 8.24. The van der Waals surface area contributed by atoms with Gasteiger partial charge in [0.05, 0.1) is 25.9 Å². The number of fused-ring (bicyclic) bond motifs is 1. The predicted octanol–water partition coefficient (Wildman–Crippen LogP) is 5.66. The van der Waals surface area contributed by atoms with Crippen LogP contribution in [0.4, 0.5) is 0 Å². The normalized spacial score (nSPS) is 29.8. The van der Waals surface area contributed by atoms with Gasteiger partial charge in [0.2, 0.25) is 0 Å². The van der Waals surface area contributed by atoms with Crippen molar-refractivity contribution in [2.75, 3.05) is 14.2 Å². The molecule has 4 atom stereocenters. The van der Waals surface area contributed by atoms with Crippen LogP contribution in [-0.2, 0) is 11.2 Å². The molecule has 3 heteroatoms. The molecule has 0 spiro atoms. The third-order valence-corrected chi connectivity index (χ3v) is 6.29. The summed E-state index contributed by atoms with van der Waals surface area (Å²) in [4.78, 5) is 0. The van der Waals surface area contributed by atoms with E-state index < -0.39 is 0 Å². The molecule has 3 nitrogen and oxygen atoms in total. The fourth-order valence-electron chi connectivity index (χ4n) is 4.69. The molecule has 0 aromatic heterocycles. The summed E-state index contributed by atoms with van der Waals surface area (Å²) < 4.78 is 17.9. The van der Waals surface area contributed by atoms with Crippen LogP contribution in [0.1, 0.15) is 69.9 Å². The zero-order chi connectivity index (χ0) is 18.9. The highest BCUT2D eigenvalue weighted by atomic mass is 16.6. The molecular formula is C23H34O3. The fraction of sp³-hybridized carbons (Fsp3) is 0.652. The molecule has 0 amide bonds. The van der Waals surface area contributed by atoms with Crippen molar-refractivity contribution in [3.63, 3.8) is 0 Å². The summed E-state index contributed by atoms with van der Waals surface area (Å²) in [6.07, 6.45) is 7.18. The van der Waals surface area contributed by atoms with Gasteiger partial charge in [-0.3, -0.25) is 0 Å². The molecule has 144 valence electrons. The Morgan fingerprint density at radius 1 is 1.23 bits per heavy atom. The van der Waals surface area contributed by atoms with E-state index in [-0.39, 0.29) is 17.6 Å². The average Bonchev–Trinajstić information content (AvgIpc) is 3.32. The number of allylic oxidation sites excluding steroid dienone is 1. The highest BCUT2D eigenvalue weighted by Gasteiger charge is 2.61. The Morgan fingerprint density at radius 2 is 1.88 bits per heavy atom. The predicted molar refractivity (Wildman–Crippen MR) is 106 cm³/mol. The van der Waals surface area contributed by atoms with Crippen LogP contribution in [0, 0.1) is 5.92 Å². The molecule has 1 saturated carbocycles. The molecule has 0 N–H and O–H groups in total. The number of benzene rings is 1. The van der Waals surface area contributed by atoms with Crippen LogP contribution in [0.3, 0.4) is 0 Å². The van der Waals surface area contributed by atoms with E-state index in [0.29, 0.717) is 5.92 Å². The number of ether oxygens (including phenoxy) is 3. The first-order valence-corrected chi connectivity index (χ1v) is 10.0. The molecule has 0 unspecified atom stereocenters. The molecule has 1 aromatic rings. The van der Waals surface area contributed by atoms with Gasteiger partial charge in [-0.1, -0.05) is 31.9 Å². The summed E-state index contributed by atoms with van der Waals surface area (Å²) in [5, 5.41) is 0. The van der Waals surface area contributed by atoms with E-state index in [2.05, 4.69) is 39.5 Å². The number of methoxy groups -OCH3 is 2.